The van der Waals surface area contributed by atoms with E-state index in [1.165, 1.54) is 48.5 Å². The molecular weight excluding hydrogens is 342 g/mol. The van der Waals surface area contributed by atoms with E-state index in [-0.39, 0.29) is 9.79 Å². The van der Waals surface area contributed by atoms with Crippen LogP contribution in [0.3, 0.4) is 0 Å². The van der Waals surface area contributed by atoms with Crippen molar-refractivity contribution in [2.24, 2.45) is 0 Å². The first-order valence-electron chi connectivity index (χ1n) is 7.52. The molecule has 7 heteroatoms. The van der Waals surface area contributed by atoms with Gasteiger partial charge in [-0.15, -0.1) is 0 Å². The van der Waals surface area contributed by atoms with Crippen LogP contribution in [0.25, 0.3) is 0 Å². The molecule has 0 saturated heterocycles. The van der Waals surface area contributed by atoms with Crippen LogP contribution in [0.15, 0.2) is 58.3 Å². The van der Waals surface area contributed by atoms with E-state index in [4.69, 9.17) is 4.74 Å². The third kappa shape index (κ3) is 4.90. The molecule has 0 fully saturated rings. The number of anilines is 1. The summed E-state index contributed by atoms with van der Waals surface area (Å²) in [5, 5.41) is 2.54. The highest BCUT2D eigenvalue weighted by atomic mass is 32.2. The van der Waals surface area contributed by atoms with Crippen LogP contribution in [0.1, 0.15) is 31.1 Å². The zero-order valence-corrected chi connectivity index (χ0v) is 15.0. The van der Waals surface area contributed by atoms with Gasteiger partial charge in [-0.3, -0.25) is 10.1 Å². The average Bonchev–Trinajstić information content (AvgIpc) is 2.53. The van der Waals surface area contributed by atoms with Crippen LogP contribution < -0.4 is 5.32 Å². The number of aldehydes is 1. The van der Waals surface area contributed by atoms with E-state index < -0.39 is 21.5 Å². The van der Waals surface area contributed by atoms with Gasteiger partial charge in [-0.2, -0.15) is 0 Å². The number of hydrogen-bond donors (Lipinski definition) is 1. The standard InChI is InChI=1S/C18H19NO5S/c1-18(2,3)24-17(21)19-14-6-10-16(11-7-14)25(22,23)15-8-4-13(12-20)5-9-15/h4-12H,1-3H3,(H,19,21). The van der Waals surface area contributed by atoms with Crippen molar-refractivity contribution in [3.63, 3.8) is 0 Å². The predicted molar refractivity (Wildman–Crippen MR) is 93.6 cm³/mol. The summed E-state index contributed by atoms with van der Waals surface area (Å²) in [7, 11) is -3.70. The Bertz CT molecular complexity index is 863. The maximum Gasteiger partial charge on any atom is 0.412 e. The molecule has 1 N–H and O–H groups in total. The zero-order valence-electron chi connectivity index (χ0n) is 14.1. The molecule has 0 radical (unpaired) electrons. The summed E-state index contributed by atoms with van der Waals surface area (Å²) < 4.78 is 30.2. The number of carbonyl (C=O) groups is 2. The zero-order chi connectivity index (χ0) is 18.7. The van der Waals surface area contributed by atoms with Crippen LogP contribution in [0.5, 0.6) is 0 Å². The molecule has 0 aliphatic carbocycles. The van der Waals surface area contributed by atoms with Crippen LogP contribution in [0.4, 0.5) is 10.5 Å². The van der Waals surface area contributed by atoms with E-state index in [0.717, 1.165) is 0 Å². The molecule has 1 amide bonds. The van der Waals surface area contributed by atoms with Gasteiger partial charge in [0.25, 0.3) is 0 Å². The summed E-state index contributed by atoms with van der Waals surface area (Å²) in [5.74, 6) is 0. The minimum Gasteiger partial charge on any atom is -0.444 e. The fourth-order valence-electron chi connectivity index (χ4n) is 2.00. The van der Waals surface area contributed by atoms with Crippen LogP contribution in [-0.2, 0) is 14.6 Å². The van der Waals surface area contributed by atoms with Crippen LogP contribution >= 0.6 is 0 Å². The lowest BCUT2D eigenvalue weighted by Crippen LogP contribution is -2.27. The molecule has 0 aromatic heterocycles. The van der Waals surface area contributed by atoms with Gasteiger partial charge >= 0.3 is 6.09 Å². The molecule has 2 aromatic rings. The van der Waals surface area contributed by atoms with Crippen molar-refractivity contribution < 1.29 is 22.7 Å². The first-order chi connectivity index (χ1) is 11.6. The Morgan fingerprint density at radius 3 is 1.88 bits per heavy atom. The van der Waals surface area contributed by atoms with Gasteiger partial charge in [-0.05, 0) is 57.2 Å². The molecule has 0 spiro atoms. The van der Waals surface area contributed by atoms with E-state index in [9.17, 15) is 18.0 Å². The Balaban J connectivity index is 2.17. The summed E-state index contributed by atoms with van der Waals surface area (Å²) in [5.41, 5.74) is 0.196. The van der Waals surface area contributed by atoms with E-state index in [1.54, 1.807) is 20.8 Å². The van der Waals surface area contributed by atoms with Gasteiger partial charge in [0.05, 0.1) is 9.79 Å². The van der Waals surface area contributed by atoms with Crippen LogP contribution in [0.2, 0.25) is 0 Å². The largest absolute Gasteiger partial charge is 0.444 e. The van der Waals surface area contributed by atoms with E-state index >= 15 is 0 Å². The monoisotopic (exact) mass is 361 g/mol. The molecule has 2 aromatic carbocycles. The van der Waals surface area contributed by atoms with Gasteiger partial charge in [-0.1, -0.05) is 12.1 Å². The topological polar surface area (TPSA) is 89.5 Å². The summed E-state index contributed by atoms with van der Waals surface area (Å²) in [6.07, 6.45) is 0.0284. The number of sulfone groups is 1. The van der Waals surface area contributed by atoms with Crippen molar-refractivity contribution in [1.82, 2.24) is 0 Å². The Morgan fingerprint density at radius 1 is 0.960 bits per heavy atom. The number of amides is 1. The Labute approximate surface area is 146 Å². The number of hydrogen-bond acceptors (Lipinski definition) is 5. The molecule has 2 rings (SSSR count). The van der Waals surface area contributed by atoms with Gasteiger partial charge in [0.1, 0.15) is 11.9 Å². The molecule has 132 valence electrons. The smallest absolute Gasteiger partial charge is 0.412 e. The summed E-state index contributed by atoms with van der Waals surface area (Å²) >= 11 is 0. The minimum absolute atomic E-state index is 0.0843. The van der Waals surface area contributed by atoms with Gasteiger partial charge in [0.2, 0.25) is 9.84 Å². The molecule has 0 heterocycles. The number of carbonyl (C=O) groups excluding carboxylic acids is 2. The SMILES string of the molecule is CC(C)(C)OC(=O)Nc1ccc(S(=O)(=O)c2ccc(C=O)cc2)cc1. The van der Waals surface area contributed by atoms with E-state index in [2.05, 4.69) is 5.32 Å². The van der Waals surface area contributed by atoms with Crippen molar-refractivity contribution in [1.29, 1.82) is 0 Å². The lowest BCUT2D eigenvalue weighted by Gasteiger charge is -2.19. The Morgan fingerprint density at radius 2 is 1.44 bits per heavy atom. The number of benzene rings is 2. The molecule has 0 atom stereocenters. The minimum atomic E-state index is -3.70. The second kappa shape index (κ2) is 7.06. The molecule has 25 heavy (non-hydrogen) atoms. The number of rotatable bonds is 4. The second-order valence-electron chi connectivity index (χ2n) is 6.34. The van der Waals surface area contributed by atoms with Crippen molar-refractivity contribution in [2.45, 2.75) is 36.2 Å². The summed E-state index contributed by atoms with van der Waals surface area (Å²) in [6, 6.07) is 11.4. The molecule has 0 aliphatic heterocycles. The van der Waals surface area contributed by atoms with Gasteiger partial charge in [0, 0.05) is 11.3 Å². The quantitative estimate of drug-likeness (QED) is 0.839. The lowest BCUT2D eigenvalue weighted by molar-refractivity contribution is 0.0636. The molecule has 0 aliphatic rings. The van der Waals surface area contributed by atoms with Crippen molar-refractivity contribution in [3.8, 4) is 0 Å². The average molecular weight is 361 g/mol. The van der Waals surface area contributed by atoms with Gasteiger partial charge in [-0.25, -0.2) is 13.2 Å². The fraction of sp³-hybridized carbons (Fsp3) is 0.222. The highest BCUT2D eigenvalue weighted by Gasteiger charge is 2.19. The second-order valence-corrected chi connectivity index (χ2v) is 8.29. The number of ether oxygens (including phenoxy) is 1. The Hall–Kier alpha value is -2.67. The van der Waals surface area contributed by atoms with Gasteiger partial charge < -0.3 is 4.74 Å². The maximum absolute atomic E-state index is 12.6. The highest BCUT2D eigenvalue weighted by Crippen LogP contribution is 2.23. The fourth-order valence-corrected chi connectivity index (χ4v) is 3.26. The van der Waals surface area contributed by atoms with Crippen LogP contribution in [0, 0.1) is 0 Å². The van der Waals surface area contributed by atoms with Gasteiger partial charge in [0.15, 0.2) is 0 Å². The summed E-state index contributed by atoms with van der Waals surface area (Å²) in [4.78, 5) is 22.5. The molecule has 0 bridgehead atoms. The Kier molecular flexibility index (Phi) is 5.27. The van der Waals surface area contributed by atoms with Crippen molar-refractivity contribution in [3.05, 3.63) is 54.1 Å². The third-order valence-electron chi connectivity index (χ3n) is 3.14. The summed E-state index contributed by atoms with van der Waals surface area (Å²) in [6.45, 7) is 5.24. The molecule has 0 saturated carbocycles. The van der Waals surface area contributed by atoms with E-state index in [0.29, 0.717) is 17.5 Å². The van der Waals surface area contributed by atoms with Crippen molar-refractivity contribution >= 4 is 27.9 Å². The van der Waals surface area contributed by atoms with Crippen molar-refractivity contribution in [2.75, 3.05) is 5.32 Å². The first-order valence-corrected chi connectivity index (χ1v) is 9.00. The molecule has 6 nitrogen and oxygen atoms in total. The first kappa shape index (κ1) is 18.7. The molecule has 0 unspecified atom stereocenters. The normalized spacial score (nSPS) is 11.6. The molecular formula is C18H19NO5S. The van der Waals surface area contributed by atoms with Crippen LogP contribution in [-0.4, -0.2) is 26.4 Å². The maximum atomic E-state index is 12.6. The van der Waals surface area contributed by atoms with E-state index in [1.807, 2.05) is 0 Å². The third-order valence-corrected chi connectivity index (χ3v) is 4.92. The highest BCUT2D eigenvalue weighted by molar-refractivity contribution is 7.91. The number of nitrogens with one attached hydrogen (secondary N) is 1. The predicted octanol–water partition coefficient (Wildman–Crippen LogP) is 3.68. The lowest BCUT2D eigenvalue weighted by atomic mass is 10.2.